The molecular formula is C38H18N8S4. The number of hydrogen-bond donors (Lipinski definition) is 0. The Morgan fingerprint density at radius 2 is 1.00 bits per heavy atom. The first kappa shape index (κ1) is 30.2. The summed E-state index contributed by atoms with van der Waals surface area (Å²) in [4.78, 5) is 4.90. The van der Waals surface area contributed by atoms with Crippen LogP contribution in [-0.4, -0.2) is 17.5 Å². The predicted octanol–water partition coefficient (Wildman–Crippen LogP) is 9.77. The third-order valence-electron chi connectivity index (χ3n) is 9.57. The molecule has 0 bridgehead atoms. The van der Waals surface area contributed by atoms with Gasteiger partial charge in [0.15, 0.2) is 0 Å². The van der Waals surface area contributed by atoms with Gasteiger partial charge in [-0.25, -0.2) is 0 Å². The van der Waals surface area contributed by atoms with E-state index in [1.807, 2.05) is 48.5 Å². The van der Waals surface area contributed by atoms with Gasteiger partial charge in [0.25, 0.3) is 0 Å². The number of rotatable bonds is 4. The molecule has 7 aromatic rings. The Labute approximate surface area is 302 Å². The number of aromatic nitrogens is 4. The van der Waals surface area contributed by atoms with E-state index in [4.69, 9.17) is 0 Å². The van der Waals surface area contributed by atoms with E-state index in [0.29, 0.717) is 22.2 Å². The van der Waals surface area contributed by atoms with Gasteiger partial charge in [-0.2, -0.15) is 38.5 Å². The van der Waals surface area contributed by atoms with Crippen LogP contribution < -0.4 is 0 Å². The van der Waals surface area contributed by atoms with Gasteiger partial charge in [-0.3, -0.25) is 0 Å². The van der Waals surface area contributed by atoms with Crippen molar-refractivity contribution in [1.82, 2.24) is 17.5 Å². The smallest absolute Gasteiger partial charge is 0.130 e. The molecule has 3 aromatic carbocycles. The number of fused-ring (bicyclic) bond motifs is 8. The molecule has 0 aliphatic heterocycles. The summed E-state index contributed by atoms with van der Waals surface area (Å²) in [6.07, 6.45) is 4.88. The van der Waals surface area contributed by atoms with E-state index < -0.39 is 0 Å². The lowest BCUT2D eigenvalue weighted by molar-refractivity contribution is 1.17. The summed E-state index contributed by atoms with van der Waals surface area (Å²) in [5.41, 5.74) is 17.3. The van der Waals surface area contributed by atoms with Crippen molar-refractivity contribution in [1.29, 1.82) is 21.0 Å². The van der Waals surface area contributed by atoms with Crippen LogP contribution >= 0.6 is 46.1 Å². The summed E-state index contributed by atoms with van der Waals surface area (Å²) < 4.78 is 18.2. The monoisotopic (exact) mass is 714 g/mol. The lowest BCUT2D eigenvalue weighted by atomic mass is 9.90. The Kier molecular flexibility index (Phi) is 6.86. The largest absolute Gasteiger partial charge is 0.192 e. The van der Waals surface area contributed by atoms with E-state index in [2.05, 4.69) is 43.5 Å². The highest BCUT2D eigenvalue weighted by Gasteiger charge is 2.34. The fraction of sp³-hybridized carbons (Fsp3) is 0.105. The highest BCUT2D eigenvalue weighted by Crippen LogP contribution is 2.55. The van der Waals surface area contributed by atoms with Crippen molar-refractivity contribution in [2.24, 2.45) is 0 Å². The highest BCUT2D eigenvalue weighted by molar-refractivity contribution is 7.19. The number of nitrogens with zero attached hydrogens (tertiary/aromatic N) is 8. The van der Waals surface area contributed by atoms with Crippen LogP contribution in [0.15, 0.2) is 47.5 Å². The Morgan fingerprint density at radius 3 is 1.40 bits per heavy atom. The van der Waals surface area contributed by atoms with Crippen LogP contribution in [0.5, 0.6) is 0 Å². The van der Waals surface area contributed by atoms with Crippen molar-refractivity contribution in [3.63, 3.8) is 0 Å². The summed E-state index contributed by atoms with van der Waals surface area (Å²) in [5, 5.41) is 37.1. The molecule has 2 aliphatic carbocycles. The molecule has 12 heteroatoms. The maximum absolute atomic E-state index is 9.27. The second-order valence-electron chi connectivity index (χ2n) is 12.1. The lowest BCUT2D eigenvalue weighted by Gasteiger charge is -2.16. The molecule has 0 radical (unpaired) electrons. The fourth-order valence-corrected chi connectivity index (χ4v) is 11.1. The van der Waals surface area contributed by atoms with Crippen molar-refractivity contribution in [2.75, 3.05) is 0 Å². The Bertz CT molecular complexity index is 2670. The van der Waals surface area contributed by atoms with Crippen LogP contribution in [0.25, 0.3) is 76.0 Å². The van der Waals surface area contributed by atoms with Gasteiger partial charge in [-0.15, -0.1) is 22.7 Å². The first-order valence-electron chi connectivity index (χ1n) is 15.4. The molecule has 9 rings (SSSR count). The first-order chi connectivity index (χ1) is 24.4. The SMILES string of the molecule is Cc1c2c(c(C)c3c1-c1sc(-c4ccc(C=C(C#N)C#N)c5nsnc45)cc1C3)-c1sc(-c3ccc(C=C(C#N)C#N)c4nsnc34)cc1C2. The minimum Gasteiger partial charge on any atom is -0.192 e. The number of nitriles is 4. The van der Waals surface area contributed by atoms with E-state index >= 15 is 0 Å². The average Bonchev–Trinajstić information content (AvgIpc) is 3.97. The van der Waals surface area contributed by atoms with Gasteiger partial charge in [-0.05, 0) is 95.5 Å². The van der Waals surface area contributed by atoms with Gasteiger partial charge in [0.2, 0.25) is 0 Å². The van der Waals surface area contributed by atoms with Crippen molar-refractivity contribution >= 4 is 80.3 Å². The van der Waals surface area contributed by atoms with Gasteiger partial charge in [0, 0.05) is 41.8 Å². The van der Waals surface area contributed by atoms with Gasteiger partial charge in [0.1, 0.15) is 57.5 Å². The van der Waals surface area contributed by atoms with Crippen LogP contribution in [0.2, 0.25) is 0 Å². The third-order valence-corrected chi connectivity index (χ3v) is 13.1. The Hall–Kier alpha value is -5.86. The van der Waals surface area contributed by atoms with E-state index in [9.17, 15) is 21.0 Å². The average molecular weight is 715 g/mol. The predicted molar refractivity (Wildman–Crippen MR) is 199 cm³/mol. The summed E-state index contributed by atoms with van der Waals surface area (Å²) in [7, 11) is 0. The number of thiophene rings is 2. The molecule has 0 fully saturated rings. The molecule has 4 aromatic heterocycles. The van der Waals surface area contributed by atoms with Gasteiger partial charge in [0.05, 0.1) is 23.5 Å². The molecule has 0 spiro atoms. The molecule has 4 heterocycles. The van der Waals surface area contributed by atoms with Crippen molar-refractivity contribution in [2.45, 2.75) is 26.7 Å². The number of benzene rings is 3. The van der Waals surface area contributed by atoms with Crippen LogP contribution in [0.3, 0.4) is 0 Å². The van der Waals surface area contributed by atoms with Crippen molar-refractivity contribution in [3.8, 4) is 66.0 Å². The molecule has 2 aliphatic rings. The maximum atomic E-state index is 9.27. The van der Waals surface area contributed by atoms with Crippen molar-refractivity contribution < 1.29 is 0 Å². The molecule has 8 nitrogen and oxygen atoms in total. The third kappa shape index (κ3) is 4.34. The minimum absolute atomic E-state index is 0.0345. The number of allylic oxidation sites excluding steroid dienone is 2. The maximum Gasteiger partial charge on any atom is 0.130 e. The summed E-state index contributed by atoms with van der Waals surface area (Å²) in [6, 6.07) is 20.2. The second-order valence-corrected chi connectivity index (χ2v) is 15.3. The van der Waals surface area contributed by atoms with Crippen LogP contribution in [0.4, 0.5) is 0 Å². The topological polar surface area (TPSA) is 147 Å². The molecule has 0 saturated heterocycles. The summed E-state index contributed by atoms with van der Waals surface area (Å²) >= 11 is 5.86. The van der Waals surface area contributed by atoms with Crippen LogP contribution in [0, 0.1) is 59.2 Å². The molecular weight excluding hydrogens is 697 g/mol. The zero-order valence-corrected chi connectivity index (χ0v) is 29.5. The van der Waals surface area contributed by atoms with E-state index in [0.717, 1.165) is 68.2 Å². The van der Waals surface area contributed by atoms with Gasteiger partial charge in [-0.1, -0.05) is 24.3 Å². The van der Waals surface area contributed by atoms with Gasteiger partial charge < -0.3 is 0 Å². The Morgan fingerprint density at radius 1 is 0.600 bits per heavy atom. The summed E-state index contributed by atoms with van der Waals surface area (Å²) in [6.45, 7) is 4.53. The Balaban J connectivity index is 1.10. The zero-order valence-electron chi connectivity index (χ0n) is 26.2. The summed E-state index contributed by atoms with van der Waals surface area (Å²) in [5.74, 6) is 0. The molecule has 0 unspecified atom stereocenters. The molecule has 50 heavy (non-hydrogen) atoms. The lowest BCUT2D eigenvalue weighted by Crippen LogP contribution is -1.97. The first-order valence-corrected chi connectivity index (χ1v) is 18.5. The quantitative estimate of drug-likeness (QED) is 0.164. The normalized spacial score (nSPS) is 12.0. The van der Waals surface area contributed by atoms with E-state index in [-0.39, 0.29) is 11.1 Å². The molecule has 0 amide bonds. The standard InChI is InChI=1S/C38H18N8S4/c1-17-27-9-23-11-30(26-6-4-22(8-20(15-41)16-42)34-36(26)46-50-44-34)48-38(23)32(27)18(2)28-10-24-12-29(47-37(24)31(17)28)25-5-3-21(7-19(13-39)14-40)33-35(25)45-49-43-33/h3-8,11-12H,9-10H2,1-2H3. The van der Waals surface area contributed by atoms with Gasteiger partial charge >= 0.3 is 0 Å². The zero-order chi connectivity index (χ0) is 34.3. The van der Waals surface area contributed by atoms with Crippen molar-refractivity contribution in [3.05, 3.63) is 92.1 Å². The van der Waals surface area contributed by atoms with Crippen LogP contribution in [-0.2, 0) is 12.8 Å². The second kappa shape index (κ2) is 11.4. The molecule has 234 valence electrons. The highest BCUT2D eigenvalue weighted by atomic mass is 32.1. The minimum atomic E-state index is 0.0345. The fourth-order valence-electron chi connectivity index (χ4n) is 7.27. The number of hydrogen-bond acceptors (Lipinski definition) is 12. The van der Waals surface area contributed by atoms with Crippen LogP contribution in [0.1, 0.15) is 44.5 Å². The van der Waals surface area contributed by atoms with E-state index in [1.54, 1.807) is 34.8 Å². The molecule has 0 N–H and O–H groups in total. The molecule has 0 saturated carbocycles. The molecule has 0 atom stereocenters. The van der Waals surface area contributed by atoms with E-state index in [1.165, 1.54) is 54.3 Å².